The van der Waals surface area contributed by atoms with Crippen LogP contribution in [0.15, 0.2) is 24.5 Å². The van der Waals surface area contributed by atoms with Gasteiger partial charge in [-0.15, -0.1) is 0 Å². The SMILES string of the molecule is CN(C)C1(CCc2cccnc2)CC1. The lowest BCUT2D eigenvalue weighted by Crippen LogP contribution is -2.30. The number of hydrogen-bond acceptors (Lipinski definition) is 2. The Morgan fingerprint density at radius 1 is 1.43 bits per heavy atom. The molecule has 0 N–H and O–H groups in total. The van der Waals surface area contributed by atoms with Crippen LogP contribution in [0.3, 0.4) is 0 Å². The first kappa shape index (κ1) is 9.66. The van der Waals surface area contributed by atoms with Gasteiger partial charge in [0, 0.05) is 17.9 Å². The van der Waals surface area contributed by atoms with Crippen molar-refractivity contribution < 1.29 is 0 Å². The normalized spacial score (nSPS) is 18.5. The fourth-order valence-electron chi connectivity index (χ4n) is 1.99. The molecule has 1 fully saturated rings. The van der Waals surface area contributed by atoms with Gasteiger partial charge in [0.25, 0.3) is 0 Å². The maximum atomic E-state index is 4.14. The highest BCUT2D eigenvalue weighted by Gasteiger charge is 2.43. The van der Waals surface area contributed by atoms with E-state index in [9.17, 15) is 0 Å². The number of nitrogens with zero attached hydrogens (tertiary/aromatic N) is 2. The Hall–Kier alpha value is -0.890. The second-order valence-corrected chi connectivity index (χ2v) is 4.48. The van der Waals surface area contributed by atoms with E-state index >= 15 is 0 Å². The van der Waals surface area contributed by atoms with Gasteiger partial charge in [0.05, 0.1) is 0 Å². The van der Waals surface area contributed by atoms with Crippen LogP contribution in [0.5, 0.6) is 0 Å². The summed E-state index contributed by atoms with van der Waals surface area (Å²) < 4.78 is 0. The number of pyridine rings is 1. The Kier molecular flexibility index (Phi) is 2.55. The van der Waals surface area contributed by atoms with Gasteiger partial charge in [-0.25, -0.2) is 0 Å². The summed E-state index contributed by atoms with van der Waals surface area (Å²) in [5.41, 5.74) is 1.87. The number of hydrogen-bond donors (Lipinski definition) is 0. The minimum Gasteiger partial charge on any atom is -0.304 e. The van der Waals surface area contributed by atoms with E-state index in [4.69, 9.17) is 0 Å². The molecule has 76 valence electrons. The fourth-order valence-corrected chi connectivity index (χ4v) is 1.99. The van der Waals surface area contributed by atoms with Gasteiger partial charge in [-0.3, -0.25) is 4.98 Å². The Bertz CT molecular complexity index is 288. The Morgan fingerprint density at radius 2 is 2.21 bits per heavy atom. The van der Waals surface area contributed by atoms with Crippen LogP contribution in [0.25, 0.3) is 0 Å². The smallest absolute Gasteiger partial charge is 0.0299 e. The minimum atomic E-state index is 0.510. The van der Waals surface area contributed by atoms with E-state index in [-0.39, 0.29) is 0 Å². The van der Waals surface area contributed by atoms with Crippen molar-refractivity contribution in [1.82, 2.24) is 9.88 Å². The van der Waals surface area contributed by atoms with Crippen molar-refractivity contribution in [3.8, 4) is 0 Å². The minimum absolute atomic E-state index is 0.510. The fraction of sp³-hybridized carbons (Fsp3) is 0.583. The molecule has 0 aromatic carbocycles. The van der Waals surface area contributed by atoms with Crippen LogP contribution in [0, 0.1) is 0 Å². The first-order valence-electron chi connectivity index (χ1n) is 5.29. The highest BCUT2D eigenvalue weighted by Crippen LogP contribution is 2.43. The first-order valence-corrected chi connectivity index (χ1v) is 5.29. The second-order valence-electron chi connectivity index (χ2n) is 4.48. The van der Waals surface area contributed by atoms with E-state index in [0.29, 0.717) is 5.54 Å². The zero-order valence-electron chi connectivity index (χ0n) is 9.03. The molecule has 2 nitrogen and oxygen atoms in total. The van der Waals surface area contributed by atoms with Crippen LogP contribution in [0.4, 0.5) is 0 Å². The first-order chi connectivity index (χ1) is 6.73. The van der Waals surface area contributed by atoms with Gasteiger partial charge in [0.2, 0.25) is 0 Å². The summed E-state index contributed by atoms with van der Waals surface area (Å²) in [4.78, 5) is 6.52. The quantitative estimate of drug-likeness (QED) is 0.723. The van der Waals surface area contributed by atoms with Crippen LogP contribution < -0.4 is 0 Å². The zero-order chi connectivity index (χ0) is 10.0. The van der Waals surface area contributed by atoms with Crippen molar-refractivity contribution in [2.45, 2.75) is 31.2 Å². The van der Waals surface area contributed by atoms with Crippen molar-refractivity contribution in [2.75, 3.05) is 14.1 Å². The summed E-state index contributed by atoms with van der Waals surface area (Å²) in [6, 6.07) is 4.18. The van der Waals surface area contributed by atoms with Gasteiger partial charge >= 0.3 is 0 Å². The van der Waals surface area contributed by atoms with Gasteiger partial charge in [0.1, 0.15) is 0 Å². The van der Waals surface area contributed by atoms with E-state index in [1.165, 1.54) is 24.8 Å². The maximum absolute atomic E-state index is 4.14. The molecule has 0 aliphatic heterocycles. The predicted octanol–water partition coefficient (Wildman–Crippen LogP) is 2.11. The maximum Gasteiger partial charge on any atom is 0.0299 e. The van der Waals surface area contributed by atoms with Gasteiger partial charge in [-0.05, 0) is 51.4 Å². The molecule has 0 bridgehead atoms. The van der Waals surface area contributed by atoms with Crippen LogP contribution in [-0.4, -0.2) is 29.5 Å². The Labute approximate surface area is 86.0 Å². The summed E-state index contributed by atoms with van der Waals surface area (Å²) in [7, 11) is 4.38. The van der Waals surface area contributed by atoms with Crippen molar-refractivity contribution in [3.63, 3.8) is 0 Å². The van der Waals surface area contributed by atoms with E-state index < -0.39 is 0 Å². The van der Waals surface area contributed by atoms with Crippen molar-refractivity contribution in [2.24, 2.45) is 0 Å². The lowest BCUT2D eigenvalue weighted by molar-refractivity contribution is 0.256. The third-order valence-electron chi connectivity index (χ3n) is 3.38. The molecule has 0 atom stereocenters. The summed E-state index contributed by atoms with van der Waals surface area (Å²) in [6.07, 6.45) is 8.96. The molecule has 2 rings (SSSR count). The van der Waals surface area contributed by atoms with Crippen LogP contribution in [-0.2, 0) is 6.42 Å². The second kappa shape index (κ2) is 3.70. The third-order valence-corrected chi connectivity index (χ3v) is 3.38. The molecule has 0 spiro atoms. The molecule has 1 saturated carbocycles. The zero-order valence-corrected chi connectivity index (χ0v) is 9.03. The van der Waals surface area contributed by atoms with E-state index in [1.807, 2.05) is 18.5 Å². The molecule has 14 heavy (non-hydrogen) atoms. The van der Waals surface area contributed by atoms with Crippen molar-refractivity contribution >= 4 is 0 Å². The van der Waals surface area contributed by atoms with Gasteiger partial charge in [-0.1, -0.05) is 6.07 Å². The molecule has 1 aliphatic carbocycles. The van der Waals surface area contributed by atoms with Crippen LogP contribution in [0.1, 0.15) is 24.8 Å². The summed E-state index contributed by atoms with van der Waals surface area (Å²) in [5.74, 6) is 0. The van der Waals surface area contributed by atoms with E-state index in [2.05, 4.69) is 30.0 Å². The van der Waals surface area contributed by atoms with Crippen LogP contribution in [0.2, 0.25) is 0 Å². The highest BCUT2D eigenvalue weighted by atomic mass is 15.2. The monoisotopic (exact) mass is 190 g/mol. The molecule has 1 aliphatic rings. The molecule has 1 aromatic heterocycles. The number of aryl methyl sites for hydroxylation is 1. The molecule has 0 saturated heterocycles. The average Bonchev–Trinajstić information content (AvgIpc) is 2.97. The summed E-state index contributed by atoms with van der Waals surface area (Å²) in [5, 5.41) is 0. The molecular weight excluding hydrogens is 172 g/mol. The van der Waals surface area contributed by atoms with Gasteiger partial charge in [-0.2, -0.15) is 0 Å². The molecule has 0 amide bonds. The molecule has 0 unspecified atom stereocenters. The van der Waals surface area contributed by atoms with E-state index in [1.54, 1.807) is 0 Å². The largest absolute Gasteiger partial charge is 0.304 e. The van der Waals surface area contributed by atoms with Crippen LogP contribution >= 0.6 is 0 Å². The average molecular weight is 190 g/mol. The number of rotatable bonds is 4. The lowest BCUT2D eigenvalue weighted by atomic mass is 10.0. The topological polar surface area (TPSA) is 16.1 Å². The molecule has 2 heteroatoms. The molecule has 0 radical (unpaired) electrons. The highest BCUT2D eigenvalue weighted by molar-refractivity contribution is 5.12. The number of aromatic nitrogens is 1. The van der Waals surface area contributed by atoms with Gasteiger partial charge in [0.15, 0.2) is 0 Å². The van der Waals surface area contributed by atoms with Crippen molar-refractivity contribution in [3.05, 3.63) is 30.1 Å². The lowest BCUT2D eigenvalue weighted by Gasteiger charge is -2.23. The van der Waals surface area contributed by atoms with Gasteiger partial charge < -0.3 is 4.90 Å². The molecular formula is C12H18N2. The van der Waals surface area contributed by atoms with Crippen molar-refractivity contribution in [1.29, 1.82) is 0 Å². The predicted molar refractivity (Wildman–Crippen MR) is 58.2 cm³/mol. The molecule has 1 heterocycles. The summed E-state index contributed by atoms with van der Waals surface area (Å²) >= 11 is 0. The standard InChI is InChI=1S/C12H18N2/c1-14(2)12(7-8-12)6-5-11-4-3-9-13-10-11/h3-4,9-10H,5-8H2,1-2H3. The summed E-state index contributed by atoms with van der Waals surface area (Å²) in [6.45, 7) is 0. The third kappa shape index (κ3) is 1.95. The van der Waals surface area contributed by atoms with E-state index in [0.717, 1.165) is 6.42 Å². The Morgan fingerprint density at radius 3 is 2.71 bits per heavy atom. The molecule has 1 aromatic rings. The Balaban J connectivity index is 1.89.